The highest BCUT2D eigenvalue weighted by molar-refractivity contribution is 5.82. The second-order valence-electron chi connectivity index (χ2n) is 3.99. The van der Waals surface area contributed by atoms with E-state index < -0.39 is 5.54 Å². The van der Waals surface area contributed by atoms with Crippen LogP contribution < -0.4 is 5.32 Å². The third-order valence-electron chi connectivity index (χ3n) is 2.82. The van der Waals surface area contributed by atoms with Crippen molar-refractivity contribution in [3.05, 3.63) is 35.4 Å². The zero-order valence-corrected chi connectivity index (χ0v) is 10.4. The van der Waals surface area contributed by atoms with Crippen LogP contribution in [0, 0.1) is 19.3 Å². The van der Waals surface area contributed by atoms with Gasteiger partial charge in [-0.25, -0.2) is 4.79 Å². The molecule has 1 N–H and O–H groups in total. The topological polar surface area (TPSA) is 38.3 Å². The van der Waals surface area contributed by atoms with Crippen LogP contribution >= 0.6 is 0 Å². The number of rotatable bonds is 4. The molecule has 1 rings (SSSR count). The first kappa shape index (κ1) is 13.3. The monoisotopic (exact) mass is 231 g/mol. The van der Waals surface area contributed by atoms with Crippen LogP contribution in [0.2, 0.25) is 0 Å². The van der Waals surface area contributed by atoms with Gasteiger partial charge in [0.05, 0.1) is 13.7 Å². The highest BCUT2D eigenvalue weighted by Gasteiger charge is 2.36. The number of esters is 1. The van der Waals surface area contributed by atoms with Crippen molar-refractivity contribution in [1.29, 1.82) is 0 Å². The highest BCUT2D eigenvalue weighted by Crippen LogP contribution is 2.25. The van der Waals surface area contributed by atoms with Crippen LogP contribution in [0.5, 0.6) is 0 Å². The van der Waals surface area contributed by atoms with Crippen LogP contribution in [0.15, 0.2) is 24.3 Å². The predicted octanol–water partition coefficient (Wildman–Crippen LogP) is 1.61. The molecule has 1 aromatic rings. The normalized spacial score (nSPS) is 13.5. The molecule has 0 amide bonds. The first-order valence-corrected chi connectivity index (χ1v) is 5.39. The number of aryl methyl sites for hydroxylation is 1. The number of carbonyl (C=O) groups is 1. The van der Waals surface area contributed by atoms with Crippen LogP contribution in [0.25, 0.3) is 0 Å². The number of nitrogens with one attached hydrogen (secondary N) is 1. The van der Waals surface area contributed by atoms with Gasteiger partial charge in [-0.05, 0) is 25.0 Å². The van der Waals surface area contributed by atoms with Crippen molar-refractivity contribution in [1.82, 2.24) is 5.32 Å². The molecule has 0 saturated heterocycles. The number of terminal acetylenes is 1. The second kappa shape index (κ2) is 5.51. The Bertz CT molecular complexity index is 448. The fourth-order valence-electron chi connectivity index (χ4n) is 1.84. The minimum atomic E-state index is -0.910. The summed E-state index contributed by atoms with van der Waals surface area (Å²) < 4.78 is 4.85. The Morgan fingerprint density at radius 2 is 2.18 bits per heavy atom. The molecule has 1 unspecified atom stereocenters. The number of benzene rings is 1. The van der Waals surface area contributed by atoms with Crippen LogP contribution in [0.3, 0.4) is 0 Å². The van der Waals surface area contributed by atoms with Gasteiger partial charge in [-0.2, -0.15) is 0 Å². The van der Waals surface area contributed by atoms with Crippen molar-refractivity contribution in [2.75, 3.05) is 13.7 Å². The van der Waals surface area contributed by atoms with Gasteiger partial charge in [-0.15, -0.1) is 6.42 Å². The van der Waals surface area contributed by atoms with Gasteiger partial charge >= 0.3 is 5.97 Å². The fraction of sp³-hybridized carbons (Fsp3) is 0.357. The van der Waals surface area contributed by atoms with Crippen molar-refractivity contribution < 1.29 is 9.53 Å². The third-order valence-corrected chi connectivity index (χ3v) is 2.82. The zero-order valence-electron chi connectivity index (χ0n) is 10.4. The largest absolute Gasteiger partial charge is 0.467 e. The van der Waals surface area contributed by atoms with Gasteiger partial charge in [-0.1, -0.05) is 30.2 Å². The summed E-state index contributed by atoms with van der Waals surface area (Å²) in [5.74, 6) is 2.13. The molecule has 3 heteroatoms. The van der Waals surface area contributed by atoms with E-state index in [1.165, 1.54) is 7.11 Å². The zero-order chi connectivity index (χ0) is 12.9. The highest BCUT2D eigenvalue weighted by atomic mass is 16.5. The van der Waals surface area contributed by atoms with Gasteiger partial charge in [0.1, 0.15) is 5.54 Å². The maximum absolute atomic E-state index is 11.9. The predicted molar refractivity (Wildman–Crippen MR) is 67.4 cm³/mol. The van der Waals surface area contributed by atoms with Crippen molar-refractivity contribution in [3.63, 3.8) is 0 Å². The molecule has 17 heavy (non-hydrogen) atoms. The number of methoxy groups -OCH3 is 1. The Morgan fingerprint density at radius 1 is 1.53 bits per heavy atom. The summed E-state index contributed by atoms with van der Waals surface area (Å²) in [7, 11) is 1.37. The van der Waals surface area contributed by atoms with E-state index >= 15 is 0 Å². The molecular weight excluding hydrogens is 214 g/mol. The van der Waals surface area contributed by atoms with E-state index in [4.69, 9.17) is 11.2 Å². The minimum absolute atomic E-state index is 0.305. The summed E-state index contributed by atoms with van der Waals surface area (Å²) in [6, 6.07) is 7.67. The minimum Gasteiger partial charge on any atom is -0.467 e. The van der Waals surface area contributed by atoms with Crippen molar-refractivity contribution in [3.8, 4) is 12.3 Å². The second-order valence-corrected chi connectivity index (χ2v) is 3.99. The quantitative estimate of drug-likeness (QED) is 0.632. The van der Waals surface area contributed by atoms with Gasteiger partial charge < -0.3 is 4.74 Å². The van der Waals surface area contributed by atoms with Gasteiger partial charge in [0.25, 0.3) is 0 Å². The van der Waals surface area contributed by atoms with E-state index in [2.05, 4.69) is 11.2 Å². The van der Waals surface area contributed by atoms with E-state index in [0.717, 1.165) is 11.1 Å². The molecular formula is C14H17NO2. The van der Waals surface area contributed by atoms with E-state index in [-0.39, 0.29) is 5.97 Å². The summed E-state index contributed by atoms with van der Waals surface area (Å²) in [5, 5.41) is 3.04. The Kier molecular flexibility index (Phi) is 4.30. The SMILES string of the molecule is C#CCNC(C)(C(=O)OC)c1ccccc1C. The van der Waals surface area contributed by atoms with E-state index in [1.807, 2.05) is 31.2 Å². The van der Waals surface area contributed by atoms with Crippen LogP contribution in [0.4, 0.5) is 0 Å². The molecule has 0 saturated carbocycles. The van der Waals surface area contributed by atoms with Crippen molar-refractivity contribution in [2.24, 2.45) is 0 Å². The Balaban J connectivity index is 3.20. The molecule has 0 radical (unpaired) electrons. The van der Waals surface area contributed by atoms with Gasteiger partial charge in [0.2, 0.25) is 0 Å². The van der Waals surface area contributed by atoms with Crippen LogP contribution in [-0.2, 0) is 15.1 Å². The van der Waals surface area contributed by atoms with E-state index in [9.17, 15) is 4.79 Å². The third kappa shape index (κ3) is 2.66. The molecule has 0 heterocycles. The number of ether oxygens (including phenoxy) is 1. The average Bonchev–Trinajstić information content (AvgIpc) is 2.35. The molecule has 90 valence electrons. The summed E-state index contributed by atoms with van der Waals surface area (Å²) >= 11 is 0. The average molecular weight is 231 g/mol. The number of carbonyl (C=O) groups excluding carboxylic acids is 1. The fourth-order valence-corrected chi connectivity index (χ4v) is 1.84. The number of hydrogen-bond acceptors (Lipinski definition) is 3. The first-order valence-electron chi connectivity index (χ1n) is 5.39. The molecule has 0 bridgehead atoms. The molecule has 1 aromatic carbocycles. The Morgan fingerprint density at radius 3 is 2.71 bits per heavy atom. The van der Waals surface area contributed by atoms with Gasteiger partial charge in [-0.3, -0.25) is 5.32 Å². The van der Waals surface area contributed by atoms with Crippen LogP contribution in [0.1, 0.15) is 18.1 Å². The lowest BCUT2D eigenvalue weighted by Crippen LogP contribution is -2.48. The molecule has 0 fully saturated rings. The van der Waals surface area contributed by atoms with Crippen molar-refractivity contribution >= 4 is 5.97 Å². The lowest BCUT2D eigenvalue weighted by atomic mass is 9.88. The molecule has 0 aliphatic heterocycles. The van der Waals surface area contributed by atoms with E-state index in [0.29, 0.717) is 6.54 Å². The van der Waals surface area contributed by atoms with Crippen LogP contribution in [-0.4, -0.2) is 19.6 Å². The number of hydrogen-bond donors (Lipinski definition) is 1. The summed E-state index contributed by atoms with van der Waals surface area (Å²) in [6.45, 7) is 4.03. The van der Waals surface area contributed by atoms with Crippen molar-refractivity contribution in [2.45, 2.75) is 19.4 Å². The van der Waals surface area contributed by atoms with E-state index in [1.54, 1.807) is 6.92 Å². The molecule has 0 aliphatic rings. The maximum atomic E-state index is 11.9. The Hall–Kier alpha value is -1.79. The smallest absolute Gasteiger partial charge is 0.330 e. The maximum Gasteiger partial charge on any atom is 0.330 e. The first-order chi connectivity index (χ1) is 8.06. The standard InChI is InChI=1S/C14H17NO2/c1-5-10-15-14(3,13(16)17-4)12-9-7-6-8-11(12)2/h1,6-9,15H,10H2,2-4H3. The summed E-state index contributed by atoms with van der Waals surface area (Å²) in [5.41, 5.74) is 0.985. The molecule has 0 aromatic heterocycles. The lowest BCUT2D eigenvalue weighted by Gasteiger charge is -2.29. The van der Waals surface area contributed by atoms with Gasteiger partial charge in [0, 0.05) is 0 Å². The molecule has 3 nitrogen and oxygen atoms in total. The van der Waals surface area contributed by atoms with Gasteiger partial charge in [0.15, 0.2) is 0 Å². The molecule has 0 spiro atoms. The molecule has 1 atom stereocenters. The lowest BCUT2D eigenvalue weighted by molar-refractivity contribution is -0.148. The summed E-state index contributed by atoms with van der Waals surface area (Å²) in [4.78, 5) is 11.9. The summed E-state index contributed by atoms with van der Waals surface area (Å²) in [6.07, 6.45) is 5.23. The molecule has 0 aliphatic carbocycles. The Labute approximate surface area is 102 Å².